The van der Waals surface area contributed by atoms with Crippen LogP contribution in [0.3, 0.4) is 0 Å². The highest BCUT2D eigenvalue weighted by Gasteiger charge is 2.22. The normalized spacial score (nSPS) is 14.0. The van der Waals surface area contributed by atoms with Gasteiger partial charge in [-0.25, -0.2) is 0 Å². The lowest BCUT2D eigenvalue weighted by atomic mass is 10.0. The van der Waals surface area contributed by atoms with E-state index in [2.05, 4.69) is 9.72 Å². The zero-order chi connectivity index (χ0) is 13.5. The van der Waals surface area contributed by atoms with E-state index >= 15 is 0 Å². The van der Waals surface area contributed by atoms with E-state index in [-0.39, 0.29) is 19.6 Å². The molecule has 0 saturated carbocycles. The van der Waals surface area contributed by atoms with E-state index in [0.717, 1.165) is 0 Å². The molecule has 1 heterocycles. The summed E-state index contributed by atoms with van der Waals surface area (Å²) >= 11 is 0. The van der Waals surface area contributed by atoms with Gasteiger partial charge < -0.3 is 20.1 Å². The largest absolute Gasteiger partial charge is 0.466 e. The third-order valence-electron chi connectivity index (χ3n) is 2.39. The van der Waals surface area contributed by atoms with E-state index in [9.17, 15) is 15.0 Å². The summed E-state index contributed by atoms with van der Waals surface area (Å²) in [6, 6.07) is 1.52. The summed E-state index contributed by atoms with van der Waals surface area (Å²) in [5, 5.41) is 28.5. The van der Waals surface area contributed by atoms with Gasteiger partial charge in [-0.3, -0.25) is 9.78 Å². The molecule has 6 nitrogen and oxygen atoms in total. The van der Waals surface area contributed by atoms with Crippen LogP contribution >= 0.6 is 0 Å². The Kier molecular flexibility index (Phi) is 5.70. The number of pyridine rings is 1. The molecular weight excluding hydrogens is 238 g/mol. The molecule has 1 aromatic heterocycles. The summed E-state index contributed by atoms with van der Waals surface area (Å²) in [6.45, 7) is 1.68. The number of aliphatic hydroxyl groups excluding tert-OH is 3. The molecule has 1 rings (SSSR count). The molecule has 3 N–H and O–H groups in total. The number of carbonyl (C=O) groups excluding carboxylic acids is 1. The van der Waals surface area contributed by atoms with Crippen molar-refractivity contribution in [2.45, 2.75) is 32.2 Å². The van der Waals surface area contributed by atoms with Crippen LogP contribution in [-0.4, -0.2) is 39.0 Å². The fraction of sp³-hybridized carbons (Fsp3) is 0.500. The van der Waals surface area contributed by atoms with E-state index in [0.29, 0.717) is 11.1 Å². The first kappa shape index (κ1) is 14.6. The number of nitrogens with zero attached hydrogens (tertiary/aromatic N) is 1. The maximum absolute atomic E-state index is 11.2. The van der Waals surface area contributed by atoms with E-state index in [1.807, 2.05) is 0 Å². The molecule has 100 valence electrons. The van der Waals surface area contributed by atoms with Gasteiger partial charge >= 0.3 is 5.97 Å². The van der Waals surface area contributed by atoms with Gasteiger partial charge in [-0.05, 0) is 18.6 Å². The minimum absolute atomic E-state index is 0.207. The molecule has 0 aromatic carbocycles. The molecule has 0 saturated heterocycles. The Hall–Kier alpha value is -1.50. The lowest BCUT2D eigenvalue weighted by Crippen LogP contribution is -2.23. The second-order valence-electron chi connectivity index (χ2n) is 3.81. The van der Waals surface area contributed by atoms with Crippen molar-refractivity contribution in [3.05, 3.63) is 29.6 Å². The number of aliphatic hydroxyl groups is 3. The summed E-state index contributed by atoms with van der Waals surface area (Å²) in [6.07, 6.45) is 0.0260. The van der Waals surface area contributed by atoms with Crippen molar-refractivity contribution >= 4 is 5.97 Å². The van der Waals surface area contributed by atoms with Crippen molar-refractivity contribution in [2.24, 2.45) is 0 Å². The van der Waals surface area contributed by atoms with E-state index in [1.165, 1.54) is 18.5 Å². The topological polar surface area (TPSA) is 99.9 Å². The number of carbonyl (C=O) groups is 1. The molecule has 18 heavy (non-hydrogen) atoms. The van der Waals surface area contributed by atoms with Crippen LogP contribution in [0.5, 0.6) is 0 Å². The van der Waals surface area contributed by atoms with Gasteiger partial charge in [-0.15, -0.1) is 0 Å². The molecule has 1 aromatic rings. The van der Waals surface area contributed by atoms with Crippen molar-refractivity contribution in [2.75, 3.05) is 6.61 Å². The quantitative estimate of drug-likeness (QED) is 0.615. The molecule has 2 atom stereocenters. The van der Waals surface area contributed by atoms with Gasteiger partial charge in [0.2, 0.25) is 0 Å². The Morgan fingerprint density at radius 2 is 2.17 bits per heavy atom. The van der Waals surface area contributed by atoms with E-state index < -0.39 is 18.2 Å². The summed E-state index contributed by atoms with van der Waals surface area (Å²) in [5.41, 5.74) is 0.869. The summed E-state index contributed by atoms with van der Waals surface area (Å²) in [7, 11) is 0. The van der Waals surface area contributed by atoms with Crippen molar-refractivity contribution < 1.29 is 24.9 Å². The Balaban J connectivity index is 2.67. The first-order chi connectivity index (χ1) is 8.58. The standard InChI is InChI=1S/C12H17NO5/c1-2-18-11(16)4-10(15)12(17)9-3-8(7-14)5-13-6-9/h3,5-6,10,12,14-15,17H,2,4,7H2,1H3. The van der Waals surface area contributed by atoms with Gasteiger partial charge in [0, 0.05) is 18.0 Å². The molecule has 0 spiro atoms. The summed E-state index contributed by atoms with van der Waals surface area (Å²) in [4.78, 5) is 15.0. The first-order valence-corrected chi connectivity index (χ1v) is 5.65. The number of ether oxygens (including phenoxy) is 1. The fourth-order valence-corrected chi connectivity index (χ4v) is 1.48. The molecule has 0 fully saturated rings. The summed E-state index contributed by atoms with van der Waals surface area (Å²) in [5.74, 6) is -0.574. The van der Waals surface area contributed by atoms with Gasteiger partial charge in [-0.1, -0.05) is 0 Å². The second-order valence-corrected chi connectivity index (χ2v) is 3.81. The molecular formula is C12H17NO5. The second kappa shape index (κ2) is 7.05. The average molecular weight is 255 g/mol. The van der Waals surface area contributed by atoms with Crippen LogP contribution in [0, 0.1) is 0 Å². The molecule has 0 bridgehead atoms. The maximum atomic E-state index is 11.2. The fourth-order valence-electron chi connectivity index (χ4n) is 1.48. The molecule has 0 aliphatic heterocycles. The number of esters is 1. The van der Waals surface area contributed by atoms with Crippen LogP contribution < -0.4 is 0 Å². The van der Waals surface area contributed by atoms with Crippen LogP contribution in [0.4, 0.5) is 0 Å². The van der Waals surface area contributed by atoms with E-state index in [4.69, 9.17) is 5.11 Å². The first-order valence-electron chi connectivity index (χ1n) is 5.65. The SMILES string of the molecule is CCOC(=O)CC(O)C(O)c1cncc(CO)c1. The number of hydrogen-bond acceptors (Lipinski definition) is 6. The predicted molar refractivity (Wildman–Crippen MR) is 62.4 cm³/mol. The predicted octanol–water partition coefficient (Wildman–Crippen LogP) is -0.0786. The highest BCUT2D eigenvalue weighted by molar-refractivity contribution is 5.70. The molecule has 2 unspecified atom stereocenters. The minimum atomic E-state index is -1.26. The Bertz CT molecular complexity index is 396. The zero-order valence-corrected chi connectivity index (χ0v) is 10.1. The lowest BCUT2D eigenvalue weighted by molar-refractivity contribution is -0.147. The van der Waals surface area contributed by atoms with E-state index in [1.54, 1.807) is 6.92 Å². The molecule has 0 aliphatic rings. The van der Waals surface area contributed by atoms with Crippen molar-refractivity contribution in [3.63, 3.8) is 0 Å². The van der Waals surface area contributed by atoms with Gasteiger partial charge in [0.25, 0.3) is 0 Å². The van der Waals surface area contributed by atoms with Gasteiger partial charge in [0.15, 0.2) is 0 Å². The molecule has 0 aliphatic carbocycles. The molecule has 6 heteroatoms. The van der Waals surface area contributed by atoms with Gasteiger partial charge in [0.1, 0.15) is 6.10 Å². The third kappa shape index (κ3) is 4.06. The highest BCUT2D eigenvalue weighted by Crippen LogP contribution is 2.19. The van der Waals surface area contributed by atoms with Crippen molar-refractivity contribution in [3.8, 4) is 0 Å². The van der Waals surface area contributed by atoms with Crippen LogP contribution in [-0.2, 0) is 16.1 Å². The highest BCUT2D eigenvalue weighted by atomic mass is 16.5. The Morgan fingerprint density at radius 1 is 1.44 bits per heavy atom. The number of hydrogen-bond donors (Lipinski definition) is 3. The summed E-state index contributed by atoms with van der Waals surface area (Å²) < 4.78 is 4.68. The zero-order valence-electron chi connectivity index (χ0n) is 10.1. The third-order valence-corrected chi connectivity index (χ3v) is 2.39. The minimum Gasteiger partial charge on any atom is -0.466 e. The number of aromatic nitrogens is 1. The monoisotopic (exact) mass is 255 g/mol. The van der Waals surface area contributed by atoms with Crippen molar-refractivity contribution in [1.29, 1.82) is 0 Å². The van der Waals surface area contributed by atoms with Gasteiger partial charge in [0.05, 0.1) is 25.7 Å². The van der Waals surface area contributed by atoms with Crippen LogP contribution in [0.1, 0.15) is 30.6 Å². The molecule has 0 radical (unpaired) electrons. The van der Waals surface area contributed by atoms with Crippen LogP contribution in [0.25, 0.3) is 0 Å². The lowest BCUT2D eigenvalue weighted by Gasteiger charge is -2.17. The Labute approximate surface area is 105 Å². The molecule has 0 amide bonds. The number of rotatable bonds is 6. The van der Waals surface area contributed by atoms with Crippen LogP contribution in [0.15, 0.2) is 18.5 Å². The van der Waals surface area contributed by atoms with Gasteiger partial charge in [-0.2, -0.15) is 0 Å². The maximum Gasteiger partial charge on any atom is 0.308 e. The Morgan fingerprint density at radius 3 is 2.78 bits per heavy atom. The average Bonchev–Trinajstić information content (AvgIpc) is 2.38. The van der Waals surface area contributed by atoms with Crippen molar-refractivity contribution in [1.82, 2.24) is 4.98 Å². The smallest absolute Gasteiger partial charge is 0.308 e. The van der Waals surface area contributed by atoms with Crippen LogP contribution in [0.2, 0.25) is 0 Å².